The van der Waals surface area contributed by atoms with E-state index < -0.39 is 5.97 Å². The van der Waals surface area contributed by atoms with Crippen LogP contribution in [0.25, 0.3) is 0 Å². The van der Waals surface area contributed by atoms with Gasteiger partial charge in [-0.25, -0.2) is 0 Å². The molecule has 1 unspecified atom stereocenters. The molecule has 82 valence electrons. The molecule has 0 saturated carbocycles. The van der Waals surface area contributed by atoms with Crippen molar-refractivity contribution in [3.05, 3.63) is 33.8 Å². The summed E-state index contributed by atoms with van der Waals surface area (Å²) in [5.74, 6) is -0.678. The van der Waals surface area contributed by atoms with Gasteiger partial charge in [-0.3, -0.25) is 4.79 Å². The van der Waals surface area contributed by atoms with Gasteiger partial charge in [0.1, 0.15) is 0 Å². The predicted octanol–water partition coefficient (Wildman–Crippen LogP) is 3.65. The van der Waals surface area contributed by atoms with Gasteiger partial charge in [-0.1, -0.05) is 36.2 Å². The number of carbonyl (C=O) groups is 1. The molecule has 1 rings (SSSR count). The fourth-order valence-corrected chi connectivity index (χ4v) is 1.76. The summed E-state index contributed by atoms with van der Waals surface area (Å²) in [5, 5.41) is 9.64. The molecule has 0 bridgehead atoms. The Kier molecular flexibility index (Phi) is 4.43. The van der Waals surface area contributed by atoms with Crippen molar-refractivity contribution >= 4 is 29.2 Å². The van der Waals surface area contributed by atoms with Gasteiger partial charge in [-0.2, -0.15) is 0 Å². The van der Waals surface area contributed by atoms with E-state index >= 15 is 0 Å². The molecule has 0 aliphatic rings. The lowest BCUT2D eigenvalue weighted by molar-refractivity contribution is -0.137. The van der Waals surface area contributed by atoms with Crippen molar-refractivity contribution in [2.24, 2.45) is 5.92 Å². The molecule has 4 heteroatoms. The highest BCUT2D eigenvalue weighted by Crippen LogP contribution is 2.24. The standard InChI is InChI=1S/C11H12Cl2O2/c1-7(5-11(14)15)4-8-2-3-9(12)10(13)6-8/h2-3,6-7H,4-5H2,1H3,(H,14,15). The van der Waals surface area contributed by atoms with Crippen molar-refractivity contribution in [1.29, 1.82) is 0 Å². The molecule has 0 saturated heterocycles. The molecule has 0 aliphatic heterocycles. The van der Waals surface area contributed by atoms with E-state index in [1.54, 1.807) is 12.1 Å². The maximum Gasteiger partial charge on any atom is 0.303 e. The highest BCUT2D eigenvalue weighted by molar-refractivity contribution is 6.42. The predicted molar refractivity (Wildman–Crippen MR) is 61.6 cm³/mol. The molecule has 2 nitrogen and oxygen atoms in total. The highest BCUT2D eigenvalue weighted by atomic mass is 35.5. The van der Waals surface area contributed by atoms with Crippen LogP contribution < -0.4 is 0 Å². The van der Waals surface area contributed by atoms with Crippen molar-refractivity contribution in [2.45, 2.75) is 19.8 Å². The van der Waals surface area contributed by atoms with E-state index in [1.165, 1.54) is 0 Å². The summed E-state index contributed by atoms with van der Waals surface area (Å²) in [6, 6.07) is 5.38. The summed E-state index contributed by atoms with van der Waals surface area (Å²) in [5.41, 5.74) is 1.01. The second kappa shape index (κ2) is 5.38. The van der Waals surface area contributed by atoms with Gasteiger partial charge in [0.15, 0.2) is 0 Å². The van der Waals surface area contributed by atoms with Crippen LogP contribution in [0, 0.1) is 5.92 Å². The summed E-state index contributed by atoms with van der Waals surface area (Å²) in [4.78, 5) is 10.5. The molecule has 0 aliphatic carbocycles. The number of rotatable bonds is 4. The van der Waals surface area contributed by atoms with E-state index in [-0.39, 0.29) is 12.3 Å². The average molecular weight is 247 g/mol. The number of hydrogen-bond donors (Lipinski definition) is 1. The molecule has 0 fully saturated rings. The molecule has 1 aromatic carbocycles. The molecule has 0 amide bonds. The summed E-state index contributed by atoms with van der Waals surface area (Å²) in [6.07, 6.45) is 0.865. The van der Waals surface area contributed by atoms with Crippen LogP contribution in [0.3, 0.4) is 0 Å². The number of carboxylic acids is 1. The zero-order chi connectivity index (χ0) is 11.4. The molecule has 0 radical (unpaired) electrons. The molecule has 0 aromatic heterocycles. The molecular formula is C11H12Cl2O2. The van der Waals surface area contributed by atoms with Gasteiger partial charge in [0.05, 0.1) is 10.0 Å². The van der Waals surface area contributed by atoms with Crippen LogP contribution in [0.15, 0.2) is 18.2 Å². The normalized spacial score (nSPS) is 12.5. The van der Waals surface area contributed by atoms with Crippen LogP contribution in [0.2, 0.25) is 10.0 Å². The van der Waals surface area contributed by atoms with Crippen LogP contribution in [-0.4, -0.2) is 11.1 Å². The molecule has 1 atom stereocenters. The summed E-state index contributed by atoms with van der Waals surface area (Å²) < 4.78 is 0. The van der Waals surface area contributed by atoms with E-state index in [0.29, 0.717) is 16.5 Å². The summed E-state index contributed by atoms with van der Waals surface area (Å²) >= 11 is 11.6. The molecule has 0 spiro atoms. The minimum atomic E-state index is -0.775. The van der Waals surface area contributed by atoms with Gasteiger partial charge in [0.2, 0.25) is 0 Å². The van der Waals surface area contributed by atoms with E-state index in [1.807, 2.05) is 13.0 Å². The van der Waals surface area contributed by atoms with Crippen molar-refractivity contribution in [3.8, 4) is 0 Å². The third kappa shape index (κ3) is 4.10. The lowest BCUT2D eigenvalue weighted by Crippen LogP contribution is -2.06. The minimum Gasteiger partial charge on any atom is -0.481 e. The maximum absolute atomic E-state index is 10.5. The Morgan fingerprint density at radius 3 is 2.60 bits per heavy atom. The second-order valence-corrected chi connectivity index (χ2v) is 4.47. The minimum absolute atomic E-state index is 0.0970. The van der Waals surface area contributed by atoms with Crippen LogP contribution >= 0.6 is 23.2 Å². The van der Waals surface area contributed by atoms with Crippen molar-refractivity contribution < 1.29 is 9.90 Å². The van der Waals surface area contributed by atoms with Crippen molar-refractivity contribution in [3.63, 3.8) is 0 Å². The molecule has 0 heterocycles. The quantitative estimate of drug-likeness (QED) is 0.881. The highest BCUT2D eigenvalue weighted by Gasteiger charge is 2.09. The zero-order valence-corrected chi connectivity index (χ0v) is 9.85. The van der Waals surface area contributed by atoms with Crippen LogP contribution in [0.4, 0.5) is 0 Å². The van der Waals surface area contributed by atoms with Crippen LogP contribution in [0.5, 0.6) is 0 Å². The SMILES string of the molecule is CC(CC(=O)O)Cc1ccc(Cl)c(Cl)c1. The third-order valence-electron chi connectivity index (χ3n) is 2.09. The van der Waals surface area contributed by atoms with Gasteiger partial charge in [0.25, 0.3) is 0 Å². The molecule has 15 heavy (non-hydrogen) atoms. The smallest absolute Gasteiger partial charge is 0.303 e. The van der Waals surface area contributed by atoms with Gasteiger partial charge >= 0.3 is 5.97 Å². The topological polar surface area (TPSA) is 37.3 Å². The number of halogens is 2. The first-order valence-electron chi connectivity index (χ1n) is 4.64. The molecule has 1 N–H and O–H groups in total. The van der Waals surface area contributed by atoms with Crippen LogP contribution in [0.1, 0.15) is 18.9 Å². The number of aliphatic carboxylic acids is 1. The van der Waals surface area contributed by atoms with E-state index in [0.717, 1.165) is 5.56 Å². The number of carboxylic acid groups (broad SMARTS) is 1. The Bertz CT molecular complexity index is 364. The monoisotopic (exact) mass is 246 g/mol. The first-order chi connectivity index (χ1) is 6.99. The van der Waals surface area contributed by atoms with Crippen LogP contribution in [-0.2, 0) is 11.2 Å². The van der Waals surface area contributed by atoms with Gasteiger partial charge in [-0.15, -0.1) is 0 Å². The Hall–Kier alpha value is -0.730. The maximum atomic E-state index is 10.5. The second-order valence-electron chi connectivity index (χ2n) is 3.66. The largest absolute Gasteiger partial charge is 0.481 e. The zero-order valence-electron chi connectivity index (χ0n) is 8.34. The first kappa shape index (κ1) is 12.3. The van der Waals surface area contributed by atoms with Gasteiger partial charge in [-0.05, 0) is 30.0 Å². The fraction of sp³-hybridized carbons (Fsp3) is 0.364. The Morgan fingerprint density at radius 2 is 2.07 bits per heavy atom. The Labute approximate surface area is 98.8 Å². The molecule has 1 aromatic rings. The first-order valence-corrected chi connectivity index (χ1v) is 5.40. The van der Waals surface area contributed by atoms with Crippen molar-refractivity contribution in [2.75, 3.05) is 0 Å². The Morgan fingerprint density at radius 1 is 1.40 bits per heavy atom. The lowest BCUT2D eigenvalue weighted by atomic mass is 9.98. The summed E-state index contributed by atoms with van der Waals surface area (Å²) in [7, 11) is 0. The van der Waals surface area contributed by atoms with E-state index in [9.17, 15) is 4.79 Å². The fourth-order valence-electron chi connectivity index (χ4n) is 1.44. The van der Waals surface area contributed by atoms with E-state index in [2.05, 4.69) is 0 Å². The molecular weight excluding hydrogens is 235 g/mol. The number of hydrogen-bond acceptors (Lipinski definition) is 1. The average Bonchev–Trinajstić information content (AvgIpc) is 2.10. The van der Waals surface area contributed by atoms with Gasteiger partial charge in [0, 0.05) is 6.42 Å². The Balaban J connectivity index is 2.64. The van der Waals surface area contributed by atoms with E-state index in [4.69, 9.17) is 28.3 Å². The lowest BCUT2D eigenvalue weighted by Gasteiger charge is -2.09. The summed E-state index contributed by atoms with van der Waals surface area (Å²) in [6.45, 7) is 1.90. The van der Waals surface area contributed by atoms with Crippen molar-refractivity contribution in [1.82, 2.24) is 0 Å². The van der Waals surface area contributed by atoms with Gasteiger partial charge < -0.3 is 5.11 Å². The number of benzene rings is 1. The third-order valence-corrected chi connectivity index (χ3v) is 2.83.